The van der Waals surface area contributed by atoms with Gasteiger partial charge in [0.05, 0.1) is 9.79 Å². The first kappa shape index (κ1) is 15.4. The van der Waals surface area contributed by atoms with Crippen LogP contribution in [0.4, 0.5) is 3.89 Å². The molecule has 0 spiro atoms. The molecule has 1 aromatic rings. The van der Waals surface area contributed by atoms with Gasteiger partial charge in [0.2, 0.25) is 0 Å². The average molecular weight is 322 g/mol. The largest absolute Gasteiger partial charge is 0.332 e. The van der Waals surface area contributed by atoms with Crippen molar-refractivity contribution < 1.29 is 20.7 Å². The number of piperidine rings is 1. The van der Waals surface area contributed by atoms with E-state index in [0.29, 0.717) is 13.1 Å². The number of sulfonamides is 1. The molecule has 1 N–H and O–H groups in total. The third-order valence-electron chi connectivity index (χ3n) is 3.00. The molecule has 0 amide bonds. The van der Waals surface area contributed by atoms with Crippen LogP contribution in [0.25, 0.3) is 0 Å². The summed E-state index contributed by atoms with van der Waals surface area (Å²) in [5.41, 5.74) is 0. The summed E-state index contributed by atoms with van der Waals surface area (Å²) >= 11 is 0. The number of hydrogen-bond donors (Lipinski definition) is 1. The van der Waals surface area contributed by atoms with E-state index in [9.17, 15) is 20.7 Å². The van der Waals surface area contributed by atoms with E-state index < -0.39 is 25.1 Å². The van der Waals surface area contributed by atoms with Crippen molar-refractivity contribution in [1.82, 2.24) is 9.84 Å². The van der Waals surface area contributed by atoms with Crippen molar-refractivity contribution in [3.05, 3.63) is 24.3 Å². The molecule has 1 aromatic carbocycles. The van der Waals surface area contributed by atoms with Crippen molar-refractivity contribution in [2.45, 2.75) is 29.1 Å². The Balaban J connectivity index is 2.25. The highest BCUT2D eigenvalue weighted by Gasteiger charge is 2.22. The van der Waals surface area contributed by atoms with Gasteiger partial charge in [0, 0.05) is 13.1 Å². The Morgan fingerprint density at radius 3 is 2.20 bits per heavy atom. The van der Waals surface area contributed by atoms with Crippen LogP contribution in [0.3, 0.4) is 0 Å². The zero-order chi connectivity index (χ0) is 14.8. The summed E-state index contributed by atoms with van der Waals surface area (Å²) in [7, 11) is -8.82. The van der Waals surface area contributed by atoms with E-state index in [-0.39, 0.29) is 4.90 Å². The number of hydrazine groups is 1. The third-order valence-corrected chi connectivity index (χ3v) is 5.19. The highest BCUT2D eigenvalue weighted by atomic mass is 32.3. The molecule has 1 aliphatic heterocycles. The van der Waals surface area contributed by atoms with E-state index in [1.165, 1.54) is 12.1 Å². The number of benzene rings is 1. The normalized spacial score (nSPS) is 18.1. The summed E-state index contributed by atoms with van der Waals surface area (Å²) in [6, 6.07) is 4.23. The highest BCUT2D eigenvalue weighted by molar-refractivity contribution is 7.89. The fourth-order valence-electron chi connectivity index (χ4n) is 2.00. The summed E-state index contributed by atoms with van der Waals surface area (Å²) in [6.07, 6.45) is 2.83. The molecule has 112 valence electrons. The molecular formula is C11H15FN2O4S2. The van der Waals surface area contributed by atoms with Crippen molar-refractivity contribution in [2.24, 2.45) is 0 Å². The van der Waals surface area contributed by atoms with Gasteiger partial charge in [-0.1, -0.05) is 12.5 Å². The molecule has 1 aliphatic rings. The minimum absolute atomic E-state index is 0.276. The second-order valence-electron chi connectivity index (χ2n) is 4.56. The summed E-state index contributed by atoms with van der Waals surface area (Å²) in [6.45, 7) is 1.20. The van der Waals surface area contributed by atoms with E-state index in [1.54, 1.807) is 5.01 Å². The Morgan fingerprint density at radius 2 is 1.60 bits per heavy atom. The quantitative estimate of drug-likeness (QED) is 0.837. The number of halogens is 1. The molecule has 0 unspecified atom stereocenters. The van der Waals surface area contributed by atoms with Gasteiger partial charge >= 0.3 is 10.2 Å². The molecule has 0 radical (unpaired) electrons. The monoisotopic (exact) mass is 322 g/mol. The van der Waals surface area contributed by atoms with Crippen LogP contribution in [0.2, 0.25) is 0 Å². The second-order valence-corrected chi connectivity index (χ2v) is 7.56. The lowest BCUT2D eigenvalue weighted by Gasteiger charge is -2.26. The first-order valence-corrected chi connectivity index (χ1v) is 8.98. The van der Waals surface area contributed by atoms with Gasteiger partial charge in [-0.25, -0.2) is 13.4 Å². The maximum Gasteiger partial charge on any atom is 0.332 e. The van der Waals surface area contributed by atoms with Crippen molar-refractivity contribution in [2.75, 3.05) is 13.1 Å². The standard InChI is InChI=1S/C11H15FN2O4S2/c12-19(15,16)10-5-4-6-11(9-10)20(17,18)13-14-7-2-1-3-8-14/h4-6,9,13H,1-3,7-8H2. The lowest BCUT2D eigenvalue weighted by atomic mass is 10.2. The maximum absolute atomic E-state index is 12.9. The fourth-order valence-corrected chi connectivity index (χ4v) is 3.75. The minimum atomic E-state index is -4.92. The van der Waals surface area contributed by atoms with Crippen molar-refractivity contribution in [3.63, 3.8) is 0 Å². The van der Waals surface area contributed by atoms with Crippen molar-refractivity contribution in [1.29, 1.82) is 0 Å². The van der Waals surface area contributed by atoms with Gasteiger partial charge in [-0.2, -0.15) is 8.42 Å². The first-order valence-electron chi connectivity index (χ1n) is 6.11. The fraction of sp³-hybridized carbons (Fsp3) is 0.455. The molecule has 20 heavy (non-hydrogen) atoms. The summed E-state index contributed by atoms with van der Waals surface area (Å²) < 4.78 is 58.7. The molecule has 1 saturated heterocycles. The van der Waals surface area contributed by atoms with Gasteiger partial charge in [-0.15, -0.1) is 8.72 Å². The molecule has 1 heterocycles. The number of nitrogens with one attached hydrogen (secondary N) is 1. The molecule has 2 rings (SSSR count). The summed E-state index contributed by atoms with van der Waals surface area (Å²) in [4.78, 5) is 1.43. The molecule has 0 bridgehead atoms. The Hall–Kier alpha value is -1.03. The van der Waals surface area contributed by atoms with E-state index in [4.69, 9.17) is 0 Å². The van der Waals surface area contributed by atoms with Crippen molar-refractivity contribution >= 4 is 20.2 Å². The topological polar surface area (TPSA) is 83.5 Å². The van der Waals surface area contributed by atoms with Crippen molar-refractivity contribution in [3.8, 4) is 0 Å². The lowest BCUT2D eigenvalue weighted by Crippen LogP contribution is -2.44. The van der Waals surface area contributed by atoms with Gasteiger partial charge in [-0.3, -0.25) is 0 Å². The van der Waals surface area contributed by atoms with Crippen LogP contribution in [0.15, 0.2) is 34.1 Å². The van der Waals surface area contributed by atoms with Crippen LogP contribution in [0, 0.1) is 0 Å². The maximum atomic E-state index is 12.9. The second kappa shape index (κ2) is 5.76. The Morgan fingerprint density at radius 1 is 1.00 bits per heavy atom. The van der Waals surface area contributed by atoms with Gasteiger partial charge in [-0.05, 0) is 31.0 Å². The number of hydrogen-bond acceptors (Lipinski definition) is 5. The predicted octanol–water partition coefficient (Wildman–Crippen LogP) is 1.02. The predicted molar refractivity (Wildman–Crippen MR) is 70.5 cm³/mol. The van der Waals surface area contributed by atoms with Crippen LogP contribution in [0.1, 0.15) is 19.3 Å². The molecule has 6 nitrogen and oxygen atoms in total. The Labute approximate surface area is 117 Å². The van der Waals surface area contributed by atoms with E-state index in [1.807, 2.05) is 0 Å². The summed E-state index contributed by atoms with van der Waals surface area (Å²) in [5, 5.41) is 1.56. The molecule has 0 atom stereocenters. The first-order chi connectivity index (χ1) is 9.29. The SMILES string of the molecule is O=S(=O)(F)c1cccc(S(=O)(=O)NN2CCCCC2)c1. The van der Waals surface area contributed by atoms with Crippen LogP contribution >= 0.6 is 0 Å². The van der Waals surface area contributed by atoms with Crippen LogP contribution in [-0.2, 0) is 20.2 Å². The molecule has 0 aliphatic carbocycles. The number of nitrogens with zero attached hydrogens (tertiary/aromatic N) is 1. The van der Waals surface area contributed by atoms with Gasteiger partial charge in [0.25, 0.3) is 10.0 Å². The average Bonchev–Trinajstić information content (AvgIpc) is 2.38. The molecule has 1 fully saturated rings. The molecule has 9 heteroatoms. The van der Waals surface area contributed by atoms with Gasteiger partial charge in [0.1, 0.15) is 0 Å². The third kappa shape index (κ3) is 3.75. The van der Waals surface area contributed by atoms with Gasteiger partial charge in [0.15, 0.2) is 0 Å². The van der Waals surface area contributed by atoms with Crippen LogP contribution in [0.5, 0.6) is 0 Å². The molecule has 0 saturated carbocycles. The van der Waals surface area contributed by atoms with E-state index in [0.717, 1.165) is 31.4 Å². The van der Waals surface area contributed by atoms with E-state index in [2.05, 4.69) is 4.83 Å². The smallest absolute Gasteiger partial charge is 0.230 e. The lowest BCUT2D eigenvalue weighted by molar-refractivity contribution is 0.200. The Kier molecular flexibility index (Phi) is 4.43. The van der Waals surface area contributed by atoms with Crippen LogP contribution < -0.4 is 4.83 Å². The minimum Gasteiger partial charge on any atom is -0.230 e. The molecule has 0 aromatic heterocycles. The zero-order valence-corrected chi connectivity index (χ0v) is 12.3. The zero-order valence-electron chi connectivity index (χ0n) is 10.6. The Bertz CT molecular complexity index is 682. The molecular weight excluding hydrogens is 307 g/mol. The summed E-state index contributed by atoms with van der Waals surface area (Å²) in [5.74, 6) is 0. The number of rotatable bonds is 4. The van der Waals surface area contributed by atoms with Crippen LogP contribution in [-0.4, -0.2) is 34.9 Å². The van der Waals surface area contributed by atoms with Gasteiger partial charge < -0.3 is 0 Å². The highest BCUT2D eigenvalue weighted by Crippen LogP contribution is 2.18. The van der Waals surface area contributed by atoms with E-state index >= 15 is 0 Å².